The fraction of sp³-hybridized carbons (Fsp3) is 0.348. The average molecular weight is 422 g/mol. The number of anilines is 4. The van der Waals surface area contributed by atoms with E-state index in [0.717, 1.165) is 37.7 Å². The third-order valence-electron chi connectivity index (χ3n) is 5.12. The highest BCUT2D eigenvalue weighted by Crippen LogP contribution is 2.25. The first-order valence-electron chi connectivity index (χ1n) is 10.3. The van der Waals surface area contributed by atoms with Gasteiger partial charge in [-0.2, -0.15) is 0 Å². The highest BCUT2D eigenvalue weighted by atomic mass is 16.5. The Hall–Kier alpha value is -3.39. The van der Waals surface area contributed by atoms with Gasteiger partial charge in [0.25, 0.3) is 0 Å². The summed E-state index contributed by atoms with van der Waals surface area (Å²) in [7, 11) is 0. The normalized spacial score (nSPS) is 14.4. The number of hydrogen-bond acceptors (Lipinski definition) is 7. The van der Waals surface area contributed by atoms with E-state index in [1.54, 1.807) is 0 Å². The molecule has 1 fully saturated rings. The number of nitrogens with one attached hydrogen (secondary N) is 2. The molecule has 2 heterocycles. The number of carbonyl (C=O) groups is 1. The van der Waals surface area contributed by atoms with E-state index in [1.807, 2.05) is 48.5 Å². The van der Waals surface area contributed by atoms with Crippen molar-refractivity contribution in [1.29, 1.82) is 0 Å². The molecule has 8 heteroatoms. The van der Waals surface area contributed by atoms with E-state index in [-0.39, 0.29) is 17.3 Å². The predicted octanol–water partition coefficient (Wildman–Crippen LogP) is 4.20. The SMILES string of the molecule is CC(C)(C)c1ccc(Nc2nnc(C(=O)Nc3ccc(N4CCOCC4)cc3)o2)cc1. The lowest BCUT2D eigenvalue weighted by Crippen LogP contribution is -2.36. The molecule has 0 bridgehead atoms. The molecule has 3 aromatic rings. The van der Waals surface area contributed by atoms with Gasteiger partial charge in [-0.15, -0.1) is 5.10 Å². The van der Waals surface area contributed by atoms with Gasteiger partial charge >= 0.3 is 17.8 Å². The molecule has 31 heavy (non-hydrogen) atoms. The number of ether oxygens (including phenoxy) is 1. The number of nitrogens with zero attached hydrogens (tertiary/aromatic N) is 3. The monoisotopic (exact) mass is 421 g/mol. The molecule has 2 N–H and O–H groups in total. The van der Waals surface area contributed by atoms with Crippen LogP contribution in [0.1, 0.15) is 37.0 Å². The van der Waals surface area contributed by atoms with Gasteiger partial charge in [-0.1, -0.05) is 38.0 Å². The number of amides is 1. The molecule has 4 rings (SSSR count). The first-order valence-corrected chi connectivity index (χ1v) is 10.3. The van der Waals surface area contributed by atoms with Crippen molar-refractivity contribution in [2.24, 2.45) is 0 Å². The fourth-order valence-electron chi connectivity index (χ4n) is 3.30. The molecule has 1 aliphatic heterocycles. The molecule has 0 spiro atoms. The summed E-state index contributed by atoms with van der Waals surface area (Å²) in [6.07, 6.45) is 0. The summed E-state index contributed by atoms with van der Waals surface area (Å²) >= 11 is 0. The lowest BCUT2D eigenvalue weighted by atomic mass is 9.87. The molecule has 0 atom stereocenters. The van der Waals surface area contributed by atoms with Gasteiger partial charge in [-0.3, -0.25) is 4.79 Å². The lowest BCUT2D eigenvalue weighted by Gasteiger charge is -2.28. The smallest absolute Gasteiger partial charge is 0.320 e. The van der Waals surface area contributed by atoms with Crippen LogP contribution in [0.2, 0.25) is 0 Å². The summed E-state index contributed by atoms with van der Waals surface area (Å²) in [5.41, 5.74) is 3.87. The number of benzene rings is 2. The van der Waals surface area contributed by atoms with E-state index in [0.29, 0.717) is 5.69 Å². The minimum atomic E-state index is -0.456. The third kappa shape index (κ3) is 5.21. The summed E-state index contributed by atoms with van der Waals surface area (Å²) < 4.78 is 10.8. The van der Waals surface area contributed by atoms with E-state index in [9.17, 15) is 4.79 Å². The van der Waals surface area contributed by atoms with Gasteiger partial charge in [-0.05, 0) is 47.4 Å². The summed E-state index contributed by atoms with van der Waals surface area (Å²) in [6.45, 7) is 9.67. The van der Waals surface area contributed by atoms with Gasteiger partial charge in [-0.25, -0.2) is 0 Å². The maximum absolute atomic E-state index is 12.5. The van der Waals surface area contributed by atoms with Crippen molar-refractivity contribution >= 4 is 29.0 Å². The van der Waals surface area contributed by atoms with Gasteiger partial charge in [0, 0.05) is 30.2 Å². The Balaban J connectivity index is 1.35. The minimum absolute atomic E-state index is 0.0780. The molecular weight excluding hydrogens is 394 g/mol. The molecule has 0 aliphatic carbocycles. The highest BCUT2D eigenvalue weighted by molar-refractivity contribution is 6.01. The van der Waals surface area contributed by atoms with Crippen LogP contribution in [0.25, 0.3) is 0 Å². The number of hydrogen-bond donors (Lipinski definition) is 2. The topological polar surface area (TPSA) is 92.5 Å². The van der Waals surface area contributed by atoms with Crippen LogP contribution < -0.4 is 15.5 Å². The van der Waals surface area contributed by atoms with E-state index in [1.165, 1.54) is 5.56 Å². The van der Waals surface area contributed by atoms with Gasteiger partial charge < -0.3 is 24.7 Å². The standard InChI is InChI=1S/C23H27N5O3/c1-23(2,3)16-4-6-18(7-5-16)25-22-27-26-21(31-22)20(29)24-17-8-10-19(11-9-17)28-12-14-30-15-13-28/h4-11H,12-15H2,1-3H3,(H,24,29)(H,25,27). The summed E-state index contributed by atoms with van der Waals surface area (Å²) in [6, 6.07) is 15.8. The Morgan fingerprint density at radius 2 is 1.58 bits per heavy atom. The van der Waals surface area contributed by atoms with Gasteiger partial charge in [0.1, 0.15) is 0 Å². The number of aromatic nitrogens is 2. The van der Waals surface area contributed by atoms with Crippen LogP contribution in [0.3, 0.4) is 0 Å². The summed E-state index contributed by atoms with van der Waals surface area (Å²) in [5.74, 6) is -0.561. The fourth-order valence-corrected chi connectivity index (χ4v) is 3.30. The number of morpholine rings is 1. The Labute approximate surface area is 181 Å². The second kappa shape index (κ2) is 8.77. The van der Waals surface area contributed by atoms with Crippen molar-refractivity contribution in [3.05, 3.63) is 60.0 Å². The second-order valence-electron chi connectivity index (χ2n) is 8.47. The second-order valence-corrected chi connectivity index (χ2v) is 8.47. The molecule has 2 aromatic carbocycles. The zero-order valence-corrected chi connectivity index (χ0v) is 18.0. The van der Waals surface area contributed by atoms with Gasteiger partial charge in [0.2, 0.25) is 0 Å². The molecule has 1 aliphatic rings. The maximum atomic E-state index is 12.5. The molecule has 1 amide bonds. The third-order valence-corrected chi connectivity index (χ3v) is 5.12. The quantitative estimate of drug-likeness (QED) is 0.638. The number of carbonyl (C=O) groups excluding carboxylic acids is 1. The minimum Gasteiger partial charge on any atom is -0.399 e. The van der Waals surface area contributed by atoms with E-state index >= 15 is 0 Å². The van der Waals surface area contributed by atoms with Crippen LogP contribution in [0.4, 0.5) is 23.1 Å². The Morgan fingerprint density at radius 1 is 0.935 bits per heavy atom. The molecule has 0 radical (unpaired) electrons. The number of rotatable bonds is 5. The first kappa shape index (κ1) is 20.9. The molecule has 162 valence electrons. The van der Waals surface area contributed by atoms with Gasteiger partial charge in [0.15, 0.2) is 0 Å². The van der Waals surface area contributed by atoms with Crippen LogP contribution in [0, 0.1) is 0 Å². The Bertz CT molecular complexity index is 1020. The Morgan fingerprint density at radius 3 is 2.23 bits per heavy atom. The maximum Gasteiger partial charge on any atom is 0.320 e. The summed E-state index contributed by atoms with van der Waals surface area (Å²) in [5, 5.41) is 13.6. The molecule has 0 saturated carbocycles. The molecule has 1 saturated heterocycles. The predicted molar refractivity (Wildman–Crippen MR) is 120 cm³/mol. The zero-order chi connectivity index (χ0) is 21.8. The van der Waals surface area contributed by atoms with Crippen LogP contribution in [-0.2, 0) is 10.2 Å². The Kier molecular flexibility index (Phi) is 5.90. The van der Waals surface area contributed by atoms with Crippen molar-refractivity contribution in [3.63, 3.8) is 0 Å². The first-order chi connectivity index (χ1) is 14.9. The zero-order valence-electron chi connectivity index (χ0n) is 18.0. The average Bonchev–Trinajstić information content (AvgIpc) is 3.23. The summed E-state index contributed by atoms with van der Waals surface area (Å²) in [4.78, 5) is 14.7. The molecular formula is C23H27N5O3. The molecule has 1 aromatic heterocycles. The molecule has 8 nitrogen and oxygen atoms in total. The molecule has 0 unspecified atom stereocenters. The highest BCUT2D eigenvalue weighted by Gasteiger charge is 2.17. The van der Waals surface area contributed by atoms with Crippen molar-refractivity contribution < 1.29 is 13.9 Å². The van der Waals surface area contributed by atoms with E-state index in [2.05, 4.69) is 46.5 Å². The van der Waals surface area contributed by atoms with Gasteiger partial charge in [0.05, 0.1) is 13.2 Å². The lowest BCUT2D eigenvalue weighted by molar-refractivity contribution is 0.0991. The van der Waals surface area contributed by atoms with Crippen molar-refractivity contribution in [2.75, 3.05) is 41.8 Å². The largest absolute Gasteiger partial charge is 0.399 e. The van der Waals surface area contributed by atoms with Crippen LogP contribution >= 0.6 is 0 Å². The van der Waals surface area contributed by atoms with Crippen LogP contribution in [-0.4, -0.2) is 42.4 Å². The van der Waals surface area contributed by atoms with Crippen molar-refractivity contribution in [3.8, 4) is 0 Å². The van der Waals surface area contributed by atoms with Crippen molar-refractivity contribution in [2.45, 2.75) is 26.2 Å². The van der Waals surface area contributed by atoms with E-state index < -0.39 is 5.91 Å². The van der Waals surface area contributed by atoms with Crippen molar-refractivity contribution in [1.82, 2.24) is 10.2 Å². The van der Waals surface area contributed by atoms with Crippen LogP contribution in [0.5, 0.6) is 0 Å². The van der Waals surface area contributed by atoms with Crippen LogP contribution in [0.15, 0.2) is 52.9 Å². The van der Waals surface area contributed by atoms with E-state index in [4.69, 9.17) is 9.15 Å².